The molecule has 3 aromatic rings. The van der Waals surface area contributed by atoms with Crippen molar-refractivity contribution in [1.29, 1.82) is 0 Å². The Hall–Kier alpha value is -2.18. The molecule has 0 saturated carbocycles. The zero-order valence-corrected chi connectivity index (χ0v) is 20.2. The molecule has 0 aliphatic carbocycles. The van der Waals surface area contributed by atoms with Crippen LogP contribution in [0.15, 0.2) is 5.38 Å². The number of thiophene rings is 2. The summed E-state index contributed by atoms with van der Waals surface area (Å²) in [5.41, 5.74) is 7.74. The molecular formula is C23H28O4S2. The van der Waals surface area contributed by atoms with E-state index in [2.05, 4.69) is 34.6 Å². The standard InChI is InChI=1S/C23H28O4S2/c1-11-12(2)14(4)17(15(5)13(11)3)21-19(26-8)20(27-9)23(29-21)22-18(25-7)16(24-6)10-28-22/h10H,1-9H3. The summed E-state index contributed by atoms with van der Waals surface area (Å²) < 4.78 is 22.8. The molecule has 0 atom stereocenters. The molecule has 1 aromatic carbocycles. The Morgan fingerprint density at radius 3 is 1.52 bits per heavy atom. The summed E-state index contributed by atoms with van der Waals surface area (Å²) in [6, 6.07) is 0. The molecule has 2 heterocycles. The first-order valence-electron chi connectivity index (χ1n) is 9.34. The topological polar surface area (TPSA) is 36.9 Å². The summed E-state index contributed by atoms with van der Waals surface area (Å²) in [6.07, 6.45) is 0. The molecule has 2 aromatic heterocycles. The predicted molar refractivity (Wildman–Crippen MR) is 123 cm³/mol. The van der Waals surface area contributed by atoms with Gasteiger partial charge in [0, 0.05) is 10.9 Å². The van der Waals surface area contributed by atoms with E-state index in [0.717, 1.165) is 37.6 Å². The van der Waals surface area contributed by atoms with Crippen LogP contribution in [0.5, 0.6) is 23.0 Å². The molecule has 6 heteroatoms. The van der Waals surface area contributed by atoms with Crippen LogP contribution < -0.4 is 18.9 Å². The molecule has 0 bridgehead atoms. The van der Waals surface area contributed by atoms with Crippen molar-refractivity contribution in [1.82, 2.24) is 0 Å². The molecule has 0 fully saturated rings. The molecular weight excluding hydrogens is 404 g/mol. The monoisotopic (exact) mass is 432 g/mol. The highest BCUT2D eigenvalue weighted by molar-refractivity contribution is 7.24. The van der Waals surface area contributed by atoms with Crippen molar-refractivity contribution in [2.24, 2.45) is 0 Å². The Labute approximate surface area is 181 Å². The second-order valence-corrected chi connectivity index (χ2v) is 8.89. The Balaban J connectivity index is 2.37. The molecule has 3 rings (SSSR count). The van der Waals surface area contributed by atoms with E-state index in [-0.39, 0.29) is 0 Å². The lowest BCUT2D eigenvalue weighted by atomic mass is 9.89. The van der Waals surface area contributed by atoms with Crippen LogP contribution in [-0.4, -0.2) is 28.4 Å². The zero-order chi connectivity index (χ0) is 21.5. The third-order valence-corrected chi connectivity index (χ3v) is 8.08. The van der Waals surface area contributed by atoms with Gasteiger partial charge in [-0.25, -0.2) is 0 Å². The van der Waals surface area contributed by atoms with Gasteiger partial charge in [-0.3, -0.25) is 0 Å². The van der Waals surface area contributed by atoms with E-state index >= 15 is 0 Å². The maximum absolute atomic E-state index is 5.87. The van der Waals surface area contributed by atoms with E-state index in [1.165, 1.54) is 33.4 Å². The molecule has 156 valence electrons. The highest BCUT2D eigenvalue weighted by Gasteiger charge is 2.29. The fourth-order valence-electron chi connectivity index (χ4n) is 3.75. The third-order valence-electron chi connectivity index (χ3n) is 5.80. The Morgan fingerprint density at radius 1 is 0.552 bits per heavy atom. The molecule has 0 saturated heterocycles. The number of ether oxygens (including phenoxy) is 4. The minimum Gasteiger partial charge on any atom is -0.492 e. The van der Waals surface area contributed by atoms with Gasteiger partial charge in [0.1, 0.15) is 0 Å². The highest BCUT2D eigenvalue weighted by Crippen LogP contribution is 2.58. The molecule has 29 heavy (non-hydrogen) atoms. The second kappa shape index (κ2) is 8.28. The second-order valence-electron chi connectivity index (χ2n) is 6.99. The van der Waals surface area contributed by atoms with Crippen LogP contribution in [0.25, 0.3) is 20.2 Å². The van der Waals surface area contributed by atoms with Gasteiger partial charge in [0.25, 0.3) is 0 Å². The molecule has 0 aliphatic rings. The number of methoxy groups -OCH3 is 4. The number of benzene rings is 1. The Kier molecular flexibility index (Phi) is 6.15. The van der Waals surface area contributed by atoms with Crippen molar-refractivity contribution in [2.75, 3.05) is 28.4 Å². The van der Waals surface area contributed by atoms with E-state index < -0.39 is 0 Å². The van der Waals surface area contributed by atoms with E-state index in [0.29, 0.717) is 0 Å². The van der Waals surface area contributed by atoms with Gasteiger partial charge in [-0.05, 0) is 62.4 Å². The summed E-state index contributed by atoms with van der Waals surface area (Å²) in [5, 5.41) is 1.95. The smallest absolute Gasteiger partial charge is 0.181 e. The lowest BCUT2D eigenvalue weighted by Gasteiger charge is -2.18. The van der Waals surface area contributed by atoms with Gasteiger partial charge in [-0.1, -0.05) is 0 Å². The normalized spacial score (nSPS) is 10.9. The first-order valence-corrected chi connectivity index (χ1v) is 11.0. The van der Waals surface area contributed by atoms with Crippen LogP contribution in [0, 0.1) is 34.6 Å². The van der Waals surface area contributed by atoms with E-state index in [1.807, 2.05) is 5.38 Å². The van der Waals surface area contributed by atoms with Gasteiger partial charge >= 0.3 is 0 Å². The maximum atomic E-state index is 5.87. The van der Waals surface area contributed by atoms with Crippen LogP contribution in [0.1, 0.15) is 27.8 Å². The minimum atomic E-state index is 0.718. The number of rotatable bonds is 6. The fraction of sp³-hybridized carbons (Fsp3) is 0.391. The van der Waals surface area contributed by atoms with Gasteiger partial charge in [-0.15, -0.1) is 22.7 Å². The molecule has 0 radical (unpaired) electrons. The Bertz CT molecular complexity index is 1030. The van der Waals surface area contributed by atoms with Crippen LogP contribution >= 0.6 is 22.7 Å². The summed E-state index contributed by atoms with van der Waals surface area (Å²) in [6.45, 7) is 10.9. The number of hydrogen-bond acceptors (Lipinski definition) is 6. The van der Waals surface area contributed by atoms with Crippen LogP contribution in [0.2, 0.25) is 0 Å². The summed E-state index contributed by atoms with van der Waals surface area (Å²) in [5.74, 6) is 2.93. The first kappa shape index (κ1) is 21.5. The van der Waals surface area contributed by atoms with Gasteiger partial charge < -0.3 is 18.9 Å². The van der Waals surface area contributed by atoms with Crippen molar-refractivity contribution >= 4 is 22.7 Å². The van der Waals surface area contributed by atoms with E-state index in [4.69, 9.17) is 18.9 Å². The quantitative estimate of drug-likeness (QED) is 0.433. The van der Waals surface area contributed by atoms with Crippen LogP contribution in [0.4, 0.5) is 0 Å². The zero-order valence-electron chi connectivity index (χ0n) is 18.5. The van der Waals surface area contributed by atoms with E-state index in [1.54, 1.807) is 51.1 Å². The van der Waals surface area contributed by atoms with Gasteiger partial charge in [-0.2, -0.15) is 0 Å². The van der Waals surface area contributed by atoms with Crippen molar-refractivity contribution in [2.45, 2.75) is 34.6 Å². The van der Waals surface area contributed by atoms with Crippen LogP contribution in [-0.2, 0) is 0 Å². The lowest BCUT2D eigenvalue weighted by Crippen LogP contribution is -1.99. The van der Waals surface area contributed by atoms with Gasteiger partial charge in [0.15, 0.2) is 23.0 Å². The van der Waals surface area contributed by atoms with Crippen molar-refractivity contribution in [3.63, 3.8) is 0 Å². The lowest BCUT2D eigenvalue weighted by molar-refractivity contribution is 0.356. The average Bonchev–Trinajstić information content (AvgIpc) is 3.30. The van der Waals surface area contributed by atoms with Gasteiger partial charge in [0.2, 0.25) is 0 Å². The summed E-state index contributed by atoms with van der Waals surface area (Å²) in [7, 11) is 6.69. The molecule has 0 unspecified atom stereocenters. The summed E-state index contributed by atoms with van der Waals surface area (Å²) in [4.78, 5) is 3.04. The van der Waals surface area contributed by atoms with Crippen molar-refractivity contribution in [3.8, 4) is 43.2 Å². The minimum absolute atomic E-state index is 0.718. The molecule has 4 nitrogen and oxygen atoms in total. The van der Waals surface area contributed by atoms with Crippen molar-refractivity contribution < 1.29 is 18.9 Å². The fourth-order valence-corrected chi connectivity index (χ4v) is 6.27. The number of hydrogen-bond donors (Lipinski definition) is 0. The molecule has 0 aliphatic heterocycles. The largest absolute Gasteiger partial charge is 0.492 e. The van der Waals surface area contributed by atoms with Crippen LogP contribution in [0.3, 0.4) is 0 Å². The Morgan fingerprint density at radius 2 is 1.03 bits per heavy atom. The SMILES string of the molecule is COc1csc(-c2sc(-c3c(C)c(C)c(C)c(C)c3C)c(OC)c2OC)c1OC. The predicted octanol–water partition coefficient (Wildman–Crippen LogP) is 6.72. The maximum Gasteiger partial charge on any atom is 0.181 e. The molecule has 0 spiro atoms. The van der Waals surface area contributed by atoms with E-state index in [9.17, 15) is 0 Å². The van der Waals surface area contributed by atoms with Crippen molar-refractivity contribution in [3.05, 3.63) is 33.2 Å². The third kappa shape index (κ3) is 3.28. The average molecular weight is 433 g/mol. The first-order chi connectivity index (χ1) is 13.8. The molecule has 0 N–H and O–H groups in total. The highest BCUT2D eigenvalue weighted by atomic mass is 32.1. The van der Waals surface area contributed by atoms with Gasteiger partial charge in [0.05, 0.1) is 43.1 Å². The molecule has 0 amide bonds. The summed E-state index contributed by atoms with van der Waals surface area (Å²) >= 11 is 3.25.